The average molecular weight is 378 g/mol. The highest BCUT2D eigenvalue weighted by molar-refractivity contribution is 5.92. The van der Waals surface area contributed by atoms with Crippen molar-refractivity contribution < 1.29 is 18.7 Å². The second kappa shape index (κ2) is 8.90. The Morgan fingerprint density at radius 3 is 2.36 bits per heavy atom. The van der Waals surface area contributed by atoms with Crippen molar-refractivity contribution in [2.24, 2.45) is 5.73 Å². The Kier molecular flexibility index (Phi) is 6.11. The topological polar surface area (TPSA) is 94.6 Å². The summed E-state index contributed by atoms with van der Waals surface area (Å²) in [6.45, 7) is 0.396. The molecule has 0 unspecified atom stereocenters. The van der Waals surface area contributed by atoms with E-state index >= 15 is 0 Å². The number of carbonyl (C=O) groups is 2. The molecule has 1 heterocycles. The maximum Gasteiger partial charge on any atom is 0.248 e. The van der Waals surface area contributed by atoms with Crippen molar-refractivity contribution in [2.45, 2.75) is 19.4 Å². The lowest BCUT2D eigenvalue weighted by Crippen LogP contribution is -2.23. The Labute approximate surface area is 163 Å². The Morgan fingerprint density at radius 1 is 1.00 bits per heavy atom. The summed E-state index contributed by atoms with van der Waals surface area (Å²) in [6, 6.07) is 18.2. The first-order chi connectivity index (χ1) is 13.5. The van der Waals surface area contributed by atoms with Crippen LogP contribution in [0, 0.1) is 0 Å². The summed E-state index contributed by atoms with van der Waals surface area (Å²) in [4.78, 5) is 23.1. The second-order valence-corrected chi connectivity index (χ2v) is 6.33. The number of nitrogens with two attached hydrogens (primary N) is 1. The number of rotatable bonds is 8. The molecule has 6 heteroatoms. The van der Waals surface area contributed by atoms with Crippen molar-refractivity contribution in [3.8, 4) is 17.1 Å². The Hall–Kier alpha value is -3.54. The van der Waals surface area contributed by atoms with Crippen molar-refractivity contribution in [2.75, 3.05) is 7.11 Å². The van der Waals surface area contributed by atoms with E-state index in [1.54, 1.807) is 31.4 Å². The quantitative estimate of drug-likeness (QED) is 0.629. The van der Waals surface area contributed by atoms with Crippen molar-refractivity contribution in [3.05, 3.63) is 77.6 Å². The number of furan rings is 1. The van der Waals surface area contributed by atoms with Crippen LogP contribution in [-0.2, 0) is 17.8 Å². The number of benzene rings is 2. The molecule has 28 heavy (non-hydrogen) atoms. The molecule has 0 radical (unpaired) electrons. The number of primary amides is 1. The minimum Gasteiger partial charge on any atom is -0.497 e. The van der Waals surface area contributed by atoms with Gasteiger partial charge >= 0.3 is 0 Å². The fraction of sp³-hybridized carbons (Fsp3) is 0.182. The molecule has 0 aliphatic carbocycles. The number of aryl methyl sites for hydroxylation is 1. The van der Waals surface area contributed by atoms with Crippen LogP contribution in [-0.4, -0.2) is 18.9 Å². The van der Waals surface area contributed by atoms with E-state index in [1.807, 2.05) is 36.4 Å². The minimum absolute atomic E-state index is 0.0682. The van der Waals surface area contributed by atoms with Crippen molar-refractivity contribution >= 4 is 11.8 Å². The van der Waals surface area contributed by atoms with Crippen molar-refractivity contribution in [3.63, 3.8) is 0 Å². The molecule has 0 spiro atoms. The maximum atomic E-state index is 12.1. The van der Waals surface area contributed by atoms with Crippen LogP contribution >= 0.6 is 0 Å². The monoisotopic (exact) mass is 378 g/mol. The molecule has 0 aliphatic heterocycles. The zero-order valence-corrected chi connectivity index (χ0v) is 15.6. The third-order valence-electron chi connectivity index (χ3n) is 4.36. The Balaban J connectivity index is 1.48. The number of amides is 2. The summed E-state index contributed by atoms with van der Waals surface area (Å²) in [5.41, 5.74) is 7.51. The van der Waals surface area contributed by atoms with Gasteiger partial charge in [0, 0.05) is 30.5 Å². The predicted octanol–water partition coefficient (Wildman–Crippen LogP) is 3.30. The first-order valence-corrected chi connectivity index (χ1v) is 8.94. The average Bonchev–Trinajstić information content (AvgIpc) is 3.20. The van der Waals surface area contributed by atoms with Gasteiger partial charge in [-0.2, -0.15) is 0 Å². The summed E-state index contributed by atoms with van der Waals surface area (Å²) in [6.07, 6.45) is 0.845. The van der Waals surface area contributed by atoms with Gasteiger partial charge in [-0.25, -0.2) is 0 Å². The third-order valence-corrected chi connectivity index (χ3v) is 4.36. The van der Waals surface area contributed by atoms with Gasteiger partial charge in [-0.15, -0.1) is 0 Å². The van der Waals surface area contributed by atoms with E-state index in [-0.39, 0.29) is 5.91 Å². The molecule has 1 aromatic heterocycles. The number of ether oxygens (including phenoxy) is 1. The summed E-state index contributed by atoms with van der Waals surface area (Å²) in [7, 11) is 1.63. The Bertz CT molecular complexity index is 943. The van der Waals surface area contributed by atoms with E-state index in [4.69, 9.17) is 14.9 Å². The van der Waals surface area contributed by atoms with Crippen LogP contribution in [0.25, 0.3) is 11.3 Å². The zero-order chi connectivity index (χ0) is 19.9. The number of carbonyl (C=O) groups excluding carboxylic acids is 2. The van der Waals surface area contributed by atoms with Crippen LogP contribution < -0.4 is 15.8 Å². The maximum absolute atomic E-state index is 12.1. The fourth-order valence-electron chi connectivity index (χ4n) is 2.74. The molecule has 6 nitrogen and oxygen atoms in total. The number of nitrogens with one attached hydrogen (secondary N) is 1. The highest BCUT2D eigenvalue weighted by Gasteiger charge is 2.08. The lowest BCUT2D eigenvalue weighted by Gasteiger charge is -2.05. The van der Waals surface area contributed by atoms with E-state index < -0.39 is 5.91 Å². The first kappa shape index (κ1) is 19.2. The van der Waals surface area contributed by atoms with Crippen LogP contribution in [0.1, 0.15) is 28.1 Å². The molecule has 2 amide bonds. The minimum atomic E-state index is -0.469. The van der Waals surface area contributed by atoms with Gasteiger partial charge in [-0.05, 0) is 54.1 Å². The molecule has 3 aromatic rings. The fourth-order valence-corrected chi connectivity index (χ4v) is 2.74. The lowest BCUT2D eigenvalue weighted by atomic mass is 10.1. The van der Waals surface area contributed by atoms with Gasteiger partial charge in [0.1, 0.15) is 17.3 Å². The largest absolute Gasteiger partial charge is 0.497 e. The van der Waals surface area contributed by atoms with Crippen molar-refractivity contribution in [1.29, 1.82) is 0 Å². The van der Waals surface area contributed by atoms with Crippen LogP contribution in [0.15, 0.2) is 65.1 Å². The zero-order valence-electron chi connectivity index (χ0n) is 15.6. The standard InChI is InChI=1S/C22H22N2O4/c1-27-18-8-6-16(7-9-18)20-12-10-19(28-20)11-13-21(25)24-14-15-2-4-17(5-3-15)22(23)26/h2-10,12H,11,13-14H2,1H3,(H2,23,26)(H,24,25). The summed E-state index contributed by atoms with van der Waals surface area (Å²) < 4.78 is 11.0. The van der Waals surface area contributed by atoms with Gasteiger partial charge in [-0.3, -0.25) is 9.59 Å². The predicted molar refractivity (Wildman–Crippen MR) is 106 cm³/mol. The molecule has 0 saturated carbocycles. The summed E-state index contributed by atoms with van der Waals surface area (Å²) >= 11 is 0. The molecule has 3 rings (SSSR count). The molecule has 2 aromatic carbocycles. The van der Waals surface area contributed by atoms with Crippen molar-refractivity contribution in [1.82, 2.24) is 5.32 Å². The Morgan fingerprint density at radius 2 is 1.71 bits per heavy atom. The molecular weight excluding hydrogens is 356 g/mol. The molecule has 144 valence electrons. The van der Waals surface area contributed by atoms with E-state index in [1.165, 1.54) is 0 Å². The van der Waals surface area contributed by atoms with Crippen LogP contribution in [0.3, 0.4) is 0 Å². The third kappa shape index (κ3) is 5.01. The second-order valence-electron chi connectivity index (χ2n) is 6.33. The van der Waals surface area contributed by atoms with Gasteiger partial charge in [0.2, 0.25) is 11.8 Å². The SMILES string of the molecule is COc1ccc(-c2ccc(CCC(=O)NCc3ccc(C(N)=O)cc3)o2)cc1. The van der Waals surface area contributed by atoms with Gasteiger partial charge in [0.15, 0.2) is 0 Å². The van der Waals surface area contributed by atoms with E-state index in [0.717, 1.165) is 28.4 Å². The van der Waals surface area contributed by atoms with Gasteiger partial charge < -0.3 is 20.2 Å². The molecule has 0 saturated heterocycles. The molecule has 0 atom stereocenters. The molecule has 0 bridgehead atoms. The van der Waals surface area contributed by atoms with E-state index in [2.05, 4.69) is 5.32 Å². The number of hydrogen-bond acceptors (Lipinski definition) is 4. The van der Waals surface area contributed by atoms with E-state index in [9.17, 15) is 9.59 Å². The highest BCUT2D eigenvalue weighted by Crippen LogP contribution is 2.24. The molecule has 0 aliphatic rings. The van der Waals surface area contributed by atoms with E-state index in [0.29, 0.717) is 24.9 Å². The van der Waals surface area contributed by atoms with Gasteiger partial charge in [0.25, 0.3) is 0 Å². The molecule has 0 fully saturated rings. The van der Waals surface area contributed by atoms with Crippen LogP contribution in [0.5, 0.6) is 5.75 Å². The van der Waals surface area contributed by atoms with Gasteiger partial charge in [0.05, 0.1) is 7.11 Å². The number of hydrogen-bond donors (Lipinski definition) is 2. The van der Waals surface area contributed by atoms with Gasteiger partial charge in [-0.1, -0.05) is 12.1 Å². The first-order valence-electron chi connectivity index (χ1n) is 8.94. The molecular formula is C22H22N2O4. The number of methoxy groups -OCH3 is 1. The molecule has 3 N–H and O–H groups in total. The lowest BCUT2D eigenvalue weighted by molar-refractivity contribution is -0.121. The smallest absolute Gasteiger partial charge is 0.248 e. The van der Waals surface area contributed by atoms with Crippen LogP contribution in [0.2, 0.25) is 0 Å². The normalized spacial score (nSPS) is 10.5. The summed E-state index contributed by atoms with van der Waals surface area (Å²) in [5, 5.41) is 2.86. The highest BCUT2D eigenvalue weighted by atomic mass is 16.5. The summed E-state index contributed by atoms with van der Waals surface area (Å²) in [5.74, 6) is 1.76. The van der Waals surface area contributed by atoms with Crippen LogP contribution in [0.4, 0.5) is 0 Å².